The van der Waals surface area contributed by atoms with Gasteiger partial charge < -0.3 is 10.1 Å². The quantitative estimate of drug-likeness (QED) is 0.649. The molecule has 0 aliphatic heterocycles. The summed E-state index contributed by atoms with van der Waals surface area (Å²) in [5.74, 6) is -0.254. The molecule has 1 aromatic carbocycles. The predicted molar refractivity (Wildman–Crippen MR) is 81.7 cm³/mol. The maximum absolute atomic E-state index is 11.8. The van der Waals surface area contributed by atoms with Gasteiger partial charge in [0.25, 0.3) is 0 Å². The Morgan fingerprint density at radius 3 is 2.71 bits per heavy atom. The van der Waals surface area contributed by atoms with E-state index in [2.05, 4.69) is 15.5 Å². The number of benzene rings is 1. The highest BCUT2D eigenvalue weighted by Gasteiger charge is 2.08. The highest BCUT2D eigenvalue weighted by molar-refractivity contribution is 8.01. The summed E-state index contributed by atoms with van der Waals surface area (Å²) in [6.07, 6.45) is 0. The van der Waals surface area contributed by atoms with Crippen molar-refractivity contribution in [2.24, 2.45) is 0 Å². The normalized spacial score (nSPS) is 10.1. The van der Waals surface area contributed by atoms with Crippen molar-refractivity contribution in [3.8, 4) is 0 Å². The minimum atomic E-state index is -0.373. The third-order valence-corrected chi connectivity index (χ3v) is 4.21. The molecular weight excluding hydrogens is 310 g/mol. The molecule has 2 aromatic rings. The average molecular weight is 323 g/mol. The van der Waals surface area contributed by atoms with Crippen LogP contribution >= 0.6 is 23.1 Å². The van der Waals surface area contributed by atoms with Gasteiger partial charge in [-0.25, -0.2) is 4.79 Å². The lowest BCUT2D eigenvalue weighted by Crippen LogP contribution is -2.14. The summed E-state index contributed by atoms with van der Waals surface area (Å²) < 4.78 is 5.64. The van der Waals surface area contributed by atoms with Crippen LogP contribution in [0.4, 0.5) is 5.69 Å². The van der Waals surface area contributed by atoms with Gasteiger partial charge in [0.2, 0.25) is 5.91 Å². The number of carbonyl (C=O) groups is 2. The lowest BCUT2D eigenvalue weighted by atomic mass is 10.2. The maximum Gasteiger partial charge on any atom is 0.338 e. The molecule has 1 aromatic heterocycles. The molecule has 21 heavy (non-hydrogen) atoms. The first-order valence-electron chi connectivity index (χ1n) is 6.15. The molecule has 8 heteroatoms. The Morgan fingerprint density at radius 2 is 2.10 bits per heavy atom. The van der Waals surface area contributed by atoms with Gasteiger partial charge in [0.15, 0.2) is 4.34 Å². The molecule has 1 amide bonds. The van der Waals surface area contributed by atoms with Crippen LogP contribution in [0, 0.1) is 0 Å². The molecule has 6 nitrogen and oxygen atoms in total. The summed E-state index contributed by atoms with van der Waals surface area (Å²) >= 11 is 2.72. The number of amides is 1. The number of esters is 1. The number of hydrogen-bond acceptors (Lipinski definition) is 7. The largest absolute Gasteiger partial charge is 0.462 e. The number of anilines is 1. The molecule has 0 spiro atoms. The van der Waals surface area contributed by atoms with Crippen LogP contribution in [0.1, 0.15) is 17.3 Å². The molecule has 0 atom stereocenters. The van der Waals surface area contributed by atoms with Gasteiger partial charge in [-0.2, -0.15) is 0 Å². The Bertz CT molecular complexity index is 600. The molecule has 0 saturated heterocycles. The number of thioether (sulfide) groups is 1. The van der Waals surface area contributed by atoms with Crippen LogP contribution in [0.2, 0.25) is 0 Å². The zero-order valence-corrected chi connectivity index (χ0v) is 12.9. The van der Waals surface area contributed by atoms with Crippen LogP contribution in [-0.2, 0) is 9.53 Å². The summed E-state index contributed by atoms with van der Waals surface area (Å²) in [4.78, 5) is 23.2. The number of aromatic nitrogens is 2. The van der Waals surface area contributed by atoms with E-state index in [1.807, 2.05) is 0 Å². The lowest BCUT2D eigenvalue weighted by Gasteiger charge is -2.05. The van der Waals surface area contributed by atoms with Crippen molar-refractivity contribution in [3.05, 3.63) is 35.3 Å². The van der Waals surface area contributed by atoms with E-state index in [0.29, 0.717) is 17.9 Å². The van der Waals surface area contributed by atoms with Crippen LogP contribution in [0.3, 0.4) is 0 Å². The second kappa shape index (κ2) is 7.75. The number of carbonyl (C=O) groups excluding carboxylic acids is 2. The third kappa shape index (κ3) is 4.83. The van der Waals surface area contributed by atoms with Crippen molar-refractivity contribution in [2.75, 3.05) is 17.7 Å². The SMILES string of the molecule is CCOC(=O)c1ccc(NC(=O)CSc2nncs2)cc1. The van der Waals surface area contributed by atoms with Crippen molar-refractivity contribution < 1.29 is 14.3 Å². The number of rotatable bonds is 6. The summed E-state index contributed by atoms with van der Waals surface area (Å²) in [6, 6.07) is 6.57. The highest BCUT2D eigenvalue weighted by Crippen LogP contribution is 2.19. The van der Waals surface area contributed by atoms with Gasteiger partial charge in [-0.05, 0) is 31.2 Å². The average Bonchev–Trinajstić information content (AvgIpc) is 2.99. The van der Waals surface area contributed by atoms with Crippen LogP contribution < -0.4 is 5.32 Å². The Kier molecular flexibility index (Phi) is 5.70. The number of ether oxygens (including phenoxy) is 1. The first-order chi connectivity index (χ1) is 10.2. The monoisotopic (exact) mass is 323 g/mol. The summed E-state index contributed by atoms with van der Waals surface area (Å²) in [5, 5.41) is 10.3. The van der Waals surface area contributed by atoms with Crippen LogP contribution in [0.5, 0.6) is 0 Å². The lowest BCUT2D eigenvalue weighted by molar-refractivity contribution is -0.113. The number of nitrogens with zero attached hydrogens (tertiary/aromatic N) is 2. The van der Waals surface area contributed by atoms with Crippen LogP contribution in [0.25, 0.3) is 0 Å². The summed E-state index contributed by atoms with van der Waals surface area (Å²) in [7, 11) is 0. The van der Waals surface area contributed by atoms with Crippen molar-refractivity contribution in [3.63, 3.8) is 0 Å². The van der Waals surface area contributed by atoms with E-state index in [1.54, 1.807) is 36.7 Å². The Hall–Kier alpha value is -1.93. The molecule has 0 bridgehead atoms. The molecule has 0 unspecified atom stereocenters. The van der Waals surface area contributed by atoms with Gasteiger partial charge in [-0.15, -0.1) is 10.2 Å². The summed E-state index contributed by atoms with van der Waals surface area (Å²) in [6.45, 7) is 2.09. The Balaban J connectivity index is 1.85. The molecule has 2 rings (SSSR count). The van der Waals surface area contributed by atoms with Crippen molar-refractivity contribution >= 4 is 40.7 Å². The highest BCUT2D eigenvalue weighted by atomic mass is 32.2. The molecular formula is C13H13N3O3S2. The van der Waals surface area contributed by atoms with E-state index in [4.69, 9.17) is 4.74 Å². The fourth-order valence-electron chi connectivity index (χ4n) is 1.45. The molecule has 0 aliphatic carbocycles. The first kappa shape index (κ1) is 15.5. The van der Waals surface area contributed by atoms with Gasteiger partial charge >= 0.3 is 5.97 Å². The van der Waals surface area contributed by atoms with E-state index < -0.39 is 0 Å². The van der Waals surface area contributed by atoms with Crippen molar-refractivity contribution in [1.82, 2.24) is 10.2 Å². The molecule has 1 heterocycles. The van der Waals surface area contributed by atoms with Gasteiger partial charge in [-0.1, -0.05) is 23.1 Å². The van der Waals surface area contributed by atoms with Crippen LogP contribution in [-0.4, -0.2) is 34.4 Å². The first-order valence-corrected chi connectivity index (χ1v) is 8.01. The van der Waals surface area contributed by atoms with Gasteiger partial charge in [0, 0.05) is 5.69 Å². The molecule has 0 aliphatic rings. The van der Waals surface area contributed by atoms with E-state index in [9.17, 15) is 9.59 Å². The van der Waals surface area contributed by atoms with Gasteiger partial charge in [-0.3, -0.25) is 4.79 Å². The zero-order valence-electron chi connectivity index (χ0n) is 11.2. The Morgan fingerprint density at radius 1 is 1.33 bits per heavy atom. The molecule has 1 N–H and O–H groups in total. The molecule has 0 radical (unpaired) electrons. The fraction of sp³-hybridized carbons (Fsp3) is 0.231. The van der Waals surface area contributed by atoms with Crippen LogP contribution in [0.15, 0.2) is 34.1 Å². The molecule has 0 fully saturated rings. The second-order valence-electron chi connectivity index (χ2n) is 3.84. The summed E-state index contributed by atoms with van der Waals surface area (Å²) in [5.41, 5.74) is 2.71. The van der Waals surface area contributed by atoms with Gasteiger partial charge in [0.05, 0.1) is 17.9 Å². The molecule has 0 saturated carbocycles. The number of hydrogen-bond donors (Lipinski definition) is 1. The Labute approximate surface area is 129 Å². The fourth-order valence-corrected chi connectivity index (χ4v) is 2.74. The maximum atomic E-state index is 11.8. The third-order valence-electron chi connectivity index (χ3n) is 2.35. The predicted octanol–water partition coefficient (Wildman–Crippen LogP) is 2.45. The van der Waals surface area contributed by atoms with Crippen molar-refractivity contribution in [1.29, 1.82) is 0 Å². The smallest absolute Gasteiger partial charge is 0.338 e. The van der Waals surface area contributed by atoms with Crippen molar-refractivity contribution in [2.45, 2.75) is 11.3 Å². The van der Waals surface area contributed by atoms with Gasteiger partial charge in [0.1, 0.15) is 5.51 Å². The number of nitrogens with one attached hydrogen (secondary N) is 1. The zero-order chi connectivity index (χ0) is 15.1. The minimum absolute atomic E-state index is 0.140. The second-order valence-corrected chi connectivity index (χ2v) is 5.89. The molecule has 110 valence electrons. The minimum Gasteiger partial charge on any atom is -0.462 e. The van der Waals surface area contributed by atoms with E-state index >= 15 is 0 Å². The van der Waals surface area contributed by atoms with E-state index in [1.165, 1.54) is 23.1 Å². The topological polar surface area (TPSA) is 81.2 Å². The van der Waals surface area contributed by atoms with E-state index in [0.717, 1.165) is 4.34 Å². The van der Waals surface area contributed by atoms with E-state index in [-0.39, 0.29) is 17.6 Å². The standard InChI is InChI=1S/C13H13N3O3S2/c1-2-19-12(18)9-3-5-10(6-4-9)15-11(17)7-20-13-16-14-8-21-13/h3-6,8H,2,7H2,1H3,(H,15,17).